The highest BCUT2D eigenvalue weighted by Crippen LogP contribution is 2.32. The lowest BCUT2D eigenvalue weighted by Crippen LogP contribution is -2.41. The largest absolute Gasteiger partial charge is 0.454 e. The predicted molar refractivity (Wildman–Crippen MR) is 90.4 cm³/mol. The Hall–Kier alpha value is -2.74. The summed E-state index contributed by atoms with van der Waals surface area (Å²) in [6.07, 6.45) is 1.69. The molecule has 2 heterocycles. The fraction of sp³-hybridized carbons (Fsp3) is 0.412. The fourth-order valence-corrected chi connectivity index (χ4v) is 2.74. The summed E-state index contributed by atoms with van der Waals surface area (Å²) in [7, 11) is 5.18. The topological polar surface area (TPSA) is 77.8 Å². The van der Waals surface area contributed by atoms with E-state index in [4.69, 9.17) is 14.2 Å². The van der Waals surface area contributed by atoms with Crippen molar-refractivity contribution in [2.45, 2.75) is 12.6 Å². The molecule has 0 saturated heterocycles. The molecule has 134 valence electrons. The van der Waals surface area contributed by atoms with E-state index in [1.165, 1.54) is 0 Å². The first kappa shape index (κ1) is 17.1. The van der Waals surface area contributed by atoms with E-state index in [0.717, 1.165) is 17.0 Å². The number of urea groups is 1. The molecule has 0 fully saturated rings. The monoisotopic (exact) mass is 346 g/mol. The Balaban J connectivity index is 1.64. The molecule has 1 aliphatic heterocycles. The summed E-state index contributed by atoms with van der Waals surface area (Å²) in [6.45, 7) is 1.05. The van der Waals surface area contributed by atoms with Crippen molar-refractivity contribution in [3.63, 3.8) is 0 Å². The van der Waals surface area contributed by atoms with Crippen molar-refractivity contribution in [1.29, 1.82) is 0 Å². The lowest BCUT2D eigenvalue weighted by Gasteiger charge is -2.23. The van der Waals surface area contributed by atoms with Gasteiger partial charge in [-0.2, -0.15) is 5.10 Å². The van der Waals surface area contributed by atoms with Gasteiger partial charge in [-0.05, 0) is 23.8 Å². The second-order valence-electron chi connectivity index (χ2n) is 5.88. The van der Waals surface area contributed by atoms with Crippen LogP contribution in [0.25, 0.3) is 0 Å². The van der Waals surface area contributed by atoms with Gasteiger partial charge in [-0.25, -0.2) is 4.79 Å². The highest BCUT2D eigenvalue weighted by molar-refractivity contribution is 5.74. The number of amides is 2. The minimum Gasteiger partial charge on any atom is -0.454 e. The highest BCUT2D eigenvalue weighted by atomic mass is 16.7. The Morgan fingerprint density at radius 2 is 2.20 bits per heavy atom. The molecule has 25 heavy (non-hydrogen) atoms. The molecule has 2 amide bonds. The standard InChI is InChI=1S/C17H22N4O4/c1-20(9-12-4-5-15-16(8-12)25-11-24-15)17(22)19-13(10-23-3)14-6-7-18-21(14)2/h4-8,13H,9-11H2,1-3H3,(H,19,22). The number of nitrogens with zero attached hydrogens (tertiary/aromatic N) is 3. The maximum Gasteiger partial charge on any atom is 0.318 e. The zero-order valence-electron chi connectivity index (χ0n) is 14.6. The van der Waals surface area contributed by atoms with Crippen LogP contribution in [-0.2, 0) is 18.3 Å². The molecule has 3 rings (SSSR count). The van der Waals surface area contributed by atoms with Gasteiger partial charge in [0.2, 0.25) is 6.79 Å². The number of nitrogens with one attached hydrogen (secondary N) is 1. The van der Waals surface area contributed by atoms with Gasteiger partial charge in [-0.3, -0.25) is 4.68 Å². The second kappa shape index (κ2) is 7.43. The van der Waals surface area contributed by atoms with Crippen molar-refractivity contribution >= 4 is 6.03 Å². The Morgan fingerprint density at radius 3 is 2.92 bits per heavy atom. The summed E-state index contributed by atoms with van der Waals surface area (Å²) in [6, 6.07) is 7.06. The molecule has 0 aliphatic carbocycles. The third kappa shape index (κ3) is 3.85. The minimum absolute atomic E-state index is 0.194. The first-order valence-corrected chi connectivity index (χ1v) is 7.95. The van der Waals surface area contributed by atoms with Crippen LogP contribution >= 0.6 is 0 Å². The molecule has 2 aromatic rings. The molecular formula is C17H22N4O4. The van der Waals surface area contributed by atoms with Gasteiger partial charge in [0.25, 0.3) is 0 Å². The minimum atomic E-state index is -0.274. The third-order valence-electron chi connectivity index (χ3n) is 4.05. The van der Waals surface area contributed by atoms with E-state index < -0.39 is 0 Å². The Kier molecular flexibility index (Phi) is 5.08. The second-order valence-corrected chi connectivity index (χ2v) is 5.88. The number of fused-ring (bicyclic) bond motifs is 1. The van der Waals surface area contributed by atoms with Gasteiger partial charge >= 0.3 is 6.03 Å². The van der Waals surface area contributed by atoms with Gasteiger partial charge in [0.05, 0.1) is 18.3 Å². The normalized spacial score (nSPS) is 13.6. The summed E-state index contributed by atoms with van der Waals surface area (Å²) in [5.41, 5.74) is 1.84. The quantitative estimate of drug-likeness (QED) is 0.861. The summed E-state index contributed by atoms with van der Waals surface area (Å²) in [5.74, 6) is 1.44. The van der Waals surface area contributed by atoms with Crippen LogP contribution < -0.4 is 14.8 Å². The molecule has 0 radical (unpaired) electrons. The van der Waals surface area contributed by atoms with Gasteiger partial charge in [0.1, 0.15) is 0 Å². The molecule has 8 heteroatoms. The number of carbonyl (C=O) groups is 1. The Morgan fingerprint density at radius 1 is 1.40 bits per heavy atom. The van der Waals surface area contributed by atoms with Crippen molar-refractivity contribution in [1.82, 2.24) is 20.0 Å². The maximum absolute atomic E-state index is 12.5. The van der Waals surface area contributed by atoms with Crippen LogP contribution in [0.2, 0.25) is 0 Å². The maximum atomic E-state index is 12.5. The summed E-state index contributed by atoms with van der Waals surface area (Å²) in [5, 5.41) is 7.12. The molecular weight excluding hydrogens is 324 g/mol. The van der Waals surface area contributed by atoms with Crippen LogP contribution in [0.4, 0.5) is 4.79 Å². The van der Waals surface area contributed by atoms with Crippen LogP contribution in [-0.4, -0.2) is 48.3 Å². The van der Waals surface area contributed by atoms with E-state index >= 15 is 0 Å². The lowest BCUT2D eigenvalue weighted by atomic mass is 10.2. The van der Waals surface area contributed by atoms with Crippen LogP contribution in [0, 0.1) is 0 Å². The number of benzene rings is 1. The van der Waals surface area contributed by atoms with E-state index in [2.05, 4.69) is 10.4 Å². The number of methoxy groups -OCH3 is 1. The zero-order chi connectivity index (χ0) is 17.8. The number of rotatable bonds is 6. The van der Waals surface area contributed by atoms with Crippen LogP contribution in [0.3, 0.4) is 0 Å². The molecule has 1 aromatic heterocycles. The summed E-state index contributed by atoms with van der Waals surface area (Å²) >= 11 is 0. The van der Waals surface area contributed by atoms with E-state index in [0.29, 0.717) is 18.9 Å². The van der Waals surface area contributed by atoms with E-state index in [1.54, 1.807) is 29.9 Å². The molecule has 1 aromatic carbocycles. The number of carbonyl (C=O) groups excluding carboxylic acids is 1. The van der Waals surface area contributed by atoms with Crippen LogP contribution in [0.15, 0.2) is 30.5 Å². The van der Waals surface area contributed by atoms with Crippen LogP contribution in [0.5, 0.6) is 11.5 Å². The average molecular weight is 346 g/mol. The van der Waals surface area contributed by atoms with Crippen molar-refractivity contribution < 1.29 is 19.0 Å². The van der Waals surface area contributed by atoms with E-state index in [1.807, 2.05) is 31.3 Å². The molecule has 1 unspecified atom stereocenters. The third-order valence-corrected chi connectivity index (χ3v) is 4.05. The first-order valence-electron chi connectivity index (χ1n) is 7.95. The predicted octanol–water partition coefficient (Wildman–Crippen LogP) is 1.68. The number of ether oxygens (including phenoxy) is 3. The highest BCUT2D eigenvalue weighted by Gasteiger charge is 2.20. The van der Waals surface area contributed by atoms with Gasteiger partial charge in [0.15, 0.2) is 11.5 Å². The van der Waals surface area contributed by atoms with Crippen molar-refractivity contribution in [3.8, 4) is 11.5 Å². The number of hydrogen-bond acceptors (Lipinski definition) is 5. The van der Waals surface area contributed by atoms with Gasteiger partial charge in [-0.1, -0.05) is 6.07 Å². The number of aryl methyl sites for hydroxylation is 1. The molecule has 1 aliphatic rings. The lowest BCUT2D eigenvalue weighted by molar-refractivity contribution is 0.154. The van der Waals surface area contributed by atoms with Crippen molar-refractivity contribution in [3.05, 3.63) is 41.7 Å². The number of hydrogen-bond donors (Lipinski definition) is 1. The van der Waals surface area contributed by atoms with Crippen molar-refractivity contribution in [2.24, 2.45) is 7.05 Å². The zero-order valence-corrected chi connectivity index (χ0v) is 14.6. The summed E-state index contributed by atoms with van der Waals surface area (Å²) < 4.78 is 17.6. The van der Waals surface area contributed by atoms with E-state index in [9.17, 15) is 4.79 Å². The fourth-order valence-electron chi connectivity index (χ4n) is 2.74. The first-order chi connectivity index (χ1) is 12.1. The molecule has 0 bridgehead atoms. The Labute approximate surface area is 146 Å². The molecule has 0 saturated carbocycles. The molecule has 1 atom stereocenters. The number of aromatic nitrogens is 2. The van der Waals surface area contributed by atoms with Crippen molar-refractivity contribution in [2.75, 3.05) is 27.6 Å². The molecule has 1 N–H and O–H groups in total. The SMILES string of the molecule is COCC(NC(=O)N(C)Cc1ccc2c(c1)OCO2)c1ccnn1C. The van der Waals surface area contributed by atoms with Gasteiger partial charge in [-0.15, -0.1) is 0 Å². The van der Waals surface area contributed by atoms with Gasteiger partial charge in [0, 0.05) is 33.9 Å². The smallest absolute Gasteiger partial charge is 0.318 e. The average Bonchev–Trinajstić information content (AvgIpc) is 3.22. The Bertz CT molecular complexity index is 746. The van der Waals surface area contributed by atoms with Gasteiger partial charge < -0.3 is 24.4 Å². The molecule has 0 spiro atoms. The van der Waals surface area contributed by atoms with Crippen LogP contribution in [0.1, 0.15) is 17.3 Å². The molecule has 8 nitrogen and oxygen atoms in total. The summed E-state index contributed by atoms with van der Waals surface area (Å²) in [4.78, 5) is 14.2. The van der Waals surface area contributed by atoms with E-state index in [-0.39, 0.29) is 18.9 Å².